The zero-order valence-electron chi connectivity index (χ0n) is 23.6. The molecule has 2 amide bonds. The molecule has 0 aliphatic rings. The first kappa shape index (κ1) is 31.3. The van der Waals surface area contributed by atoms with E-state index in [9.17, 15) is 37.8 Å². The summed E-state index contributed by atoms with van der Waals surface area (Å²) < 4.78 is 41.8. The van der Waals surface area contributed by atoms with Gasteiger partial charge in [0.2, 0.25) is 5.43 Å². The Kier molecular flexibility index (Phi) is 8.97. The molecule has 4 N–H and O–H groups in total. The molecule has 0 saturated carbocycles. The van der Waals surface area contributed by atoms with Crippen molar-refractivity contribution in [2.75, 3.05) is 18.5 Å². The molecular formula is C31H26F3N5O5S. The van der Waals surface area contributed by atoms with Crippen LogP contribution in [0.2, 0.25) is 0 Å². The van der Waals surface area contributed by atoms with Crippen molar-refractivity contribution < 1.29 is 33.0 Å². The van der Waals surface area contributed by atoms with Crippen molar-refractivity contribution in [2.45, 2.75) is 25.6 Å². The van der Waals surface area contributed by atoms with E-state index in [4.69, 9.17) is 0 Å². The van der Waals surface area contributed by atoms with E-state index in [1.54, 1.807) is 23.6 Å². The summed E-state index contributed by atoms with van der Waals surface area (Å²) in [6.45, 7) is 1.69. The van der Waals surface area contributed by atoms with Gasteiger partial charge in [0.25, 0.3) is 0 Å². The minimum atomic E-state index is -4.69. The number of aliphatic hydroxyl groups is 1. The third-order valence-corrected chi connectivity index (χ3v) is 7.88. The largest absolute Gasteiger partial charge is 0.477 e. The summed E-state index contributed by atoms with van der Waals surface area (Å²) in [5.74, 6) is -1.41. The van der Waals surface area contributed by atoms with Crippen LogP contribution in [0, 0.1) is 0 Å². The van der Waals surface area contributed by atoms with Crippen molar-refractivity contribution in [1.82, 2.24) is 19.9 Å². The molecule has 0 radical (unpaired) electrons. The van der Waals surface area contributed by atoms with Crippen molar-refractivity contribution in [2.24, 2.45) is 0 Å². The number of thiazole rings is 1. The van der Waals surface area contributed by atoms with E-state index in [1.807, 2.05) is 30.3 Å². The highest BCUT2D eigenvalue weighted by atomic mass is 32.1. The number of carbonyl (C=O) groups is 2. The standard InChI is InChI=1S/C31H26F3N5O5S/c1-2-35-30(44)38-26-12-20(28-37-25(16-45-28)31(32,33)34)22(13-36-26)18-8-9-24-21(11-18)27(41)23(29(42)43)14-39(24)19(15-40)10-17-6-4-3-5-7-17/h3-9,11-14,16,19,40H,2,10,15H2,1H3,(H,42,43)(H2,35,36,38,44)/t19-/m0/s1. The van der Waals surface area contributed by atoms with Gasteiger partial charge in [0.1, 0.15) is 16.4 Å². The first-order valence-corrected chi connectivity index (χ1v) is 14.5. The van der Waals surface area contributed by atoms with Crippen molar-refractivity contribution >= 4 is 40.1 Å². The summed E-state index contributed by atoms with van der Waals surface area (Å²) in [4.78, 5) is 45.7. The molecule has 0 unspecified atom stereocenters. The number of nitrogens with one attached hydrogen (secondary N) is 2. The zero-order valence-corrected chi connectivity index (χ0v) is 24.4. The first-order chi connectivity index (χ1) is 21.5. The number of anilines is 1. The highest BCUT2D eigenvalue weighted by Gasteiger charge is 2.34. The van der Waals surface area contributed by atoms with Crippen LogP contribution in [0.1, 0.15) is 34.6 Å². The van der Waals surface area contributed by atoms with Crippen molar-refractivity contribution in [3.63, 3.8) is 0 Å². The molecule has 5 aromatic rings. The van der Waals surface area contributed by atoms with Gasteiger partial charge in [-0.3, -0.25) is 10.1 Å². The number of amides is 2. The summed E-state index contributed by atoms with van der Waals surface area (Å²) in [5.41, 5.74) is -0.320. The Morgan fingerprint density at radius 2 is 1.84 bits per heavy atom. The zero-order chi connectivity index (χ0) is 32.3. The number of alkyl halides is 3. The molecule has 0 bridgehead atoms. The Hall–Kier alpha value is -5.08. The van der Waals surface area contributed by atoms with Gasteiger partial charge in [-0.15, -0.1) is 11.3 Å². The second kappa shape index (κ2) is 12.9. The number of rotatable bonds is 9. The summed E-state index contributed by atoms with van der Waals surface area (Å²) in [5, 5.41) is 26.1. The van der Waals surface area contributed by atoms with Crippen LogP contribution in [0.15, 0.2) is 77.2 Å². The molecule has 5 rings (SSSR count). The van der Waals surface area contributed by atoms with Gasteiger partial charge in [-0.1, -0.05) is 36.4 Å². The number of nitrogens with zero attached hydrogens (tertiary/aromatic N) is 3. The monoisotopic (exact) mass is 637 g/mol. The van der Waals surface area contributed by atoms with Gasteiger partial charge < -0.3 is 20.1 Å². The maximum atomic E-state index is 13.4. The topological polar surface area (TPSA) is 146 Å². The lowest BCUT2D eigenvalue weighted by molar-refractivity contribution is -0.140. The highest BCUT2D eigenvalue weighted by molar-refractivity contribution is 7.13. The number of aromatic carboxylic acids is 1. The molecule has 0 aliphatic heterocycles. The Morgan fingerprint density at radius 3 is 2.49 bits per heavy atom. The summed E-state index contributed by atoms with van der Waals surface area (Å²) in [6.07, 6.45) is -1.80. The Labute approximate surface area is 257 Å². The molecule has 0 spiro atoms. The number of aromatic nitrogens is 3. The maximum absolute atomic E-state index is 13.4. The van der Waals surface area contributed by atoms with Crippen LogP contribution in [0.25, 0.3) is 32.6 Å². The minimum Gasteiger partial charge on any atom is -0.477 e. The second-order valence-corrected chi connectivity index (χ2v) is 10.8. The molecule has 0 fully saturated rings. The quantitative estimate of drug-likeness (QED) is 0.159. The third-order valence-electron chi connectivity index (χ3n) is 7.00. The number of hydrogen-bond acceptors (Lipinski definition) is 7. The predicted octanol–water partition coefficient (Wildman–Crippen LogP) is 5.82. The molecule has 3 heterocycles. The van der Waals surface area contributed by atoms with E-state index in [0.29, 0.717) is 24.0 Å². The number of urea groups is 1. The van der Waals surface area contributed by atoms with Gasteiger partial charge in [-0.2, -0.15) is 13.2 Å². The molecule has 10 nitrogen and oxygen atoms in total. The molecular weight excluding hydrogens is 611 g/mol. The number of fused-ring (bicyclic) bond motifs is 1. The van der Waals surface area contributed by atoms with E-state index in [-0.39, 0.29) is 33.9 Å². The van der Waals surface area contributed by atoms with Gasteiger partial charge in [0, 0.05) is 40.8 Å². The smallest absolute Gasteiger partial charge is 0.434 e. The van der Waals surface area contributed by atoms with E-state index < -0.39 is 40.9 Å². The van der Waals surface area contributed by atoms with Crippen LogP contribution in [-0.2, 0) is 12.6 Å². The summed E-state index contributed by atoms with van der Waals surface area (Å²) in [7, 11) is 0. The van der Waals surface area contributed by atoms with Crippen LogP contribution in [0.5, 0.6) is 0 Å². The van der Waals surface area contributed by atoms with Gasteiger partial charge in [-0.05, 0) is 42.7 Å². The Bertz CT molecular complexity index is 1940. The van der Waals surface area contributed by atoms with Crippen LogP contribution < -0.4 is 16.1 Å². The van der Waals surface area contributed by atoms with Crippen LogP contribution >= 0.6 is 11.3 Å². The first-order valence-electron chi connectivity index (χ1n) is 13.7. The van der Waals surface area contributed by atoms with Gasteiger partial charge in [-0.25, -0.2) is 19.6 Å². The molecule has 0 aliphatic carbocycles. The molecule has 1 atom stereocenters. The van der Waals surface area contributed by atoms with Crippen LogP contribution in [0.3, 0.4) is 0 Å². The number of carbonyl (C=O) groups excluding carboxylic acids is 1. The number of halogens is 3. The SMILES string of the molecule is CCNC(=O)Nc1cc(-c2nc(C(F)(F)F)cs2)c(-c2ccc3c(c2)c(=O)c(C(=O)O)cn3[C@H](CO)Cc2ccccc2)cn1. The average molecular weight is 638 g/mol. The van der Waals surface area contributed by atoms with Crippen LogP contribution in [-0.4, -0.2) is 49.9 Å². The number of benzene rings is 2. The maximum Gasteiger partial charge on any atom is 0.434 e. The van der Waals surface area contributed by atoms with Gasteiger partial charge >= 0.3 is 18.2 Å². The highest BCUT2D eigenvalue weighted by Crippen LogP contribution is 2.39. The normalized spacial score (nSPS) is 12.2. The number of carboxylic acid groups (broad SMARTS) is 1. The van der Waals surface area contributed by atoms with Crippen LogP contribution in [0.4, 0.5) is 23.8 Å². The van der Waals surface area contributed by atoms with Gasteiger partial charge in [0.15, 0.2) is 5.69 Å². The number of aliphatic hydroxyl groups excluding tert-OH is 1. The van der Waals surface area contributed by atoms with Crippen molar-refractivity contribution in [3.8, 4) is 21.7 Å². The van der Waals surface area contributed by atoms with E-state index in [2.05, 4.69) is 20.6 Å². The summed E-state index contributed by atoms with van der Waals surface area (Å²) >= 11 is 0.741. The predicted molar refractivity (Wildman–Crippen MR) is 163 cm³/mol. The lowest BCUT2D eigenvalue weighted by atomic mass is 9.98. The third kappa shape index (κ3) is 6.71. The molecule has 3 aromatic heterocycles. The van der Waals surface area contributed by atoms with Crippen molar-refractivity contribution in [1.29, 1.82) is 0 Å². The Morgan fingerprint density at radius 1 is 1.09 bits per heavy atom. The molecule has 232 valence electrons. The average Bonchev–Trinajstić information content (AvgIpc) is 3.52. The fourth-order valence-corrected chi connectivity index (χ4v) is 5.75. The van der Waals surface area contributed by atoms with Gasteiger partial charge in [0.05, 0.1) is 18.2 Å². The fraction of sp³-hybridized carbons (Fsp3) is 0.194. The van der Waals surface area contributed by atoms with E-state index in [0.717, 1.165) is 22.3 Å². The van der Waals surface area contributed by atoms with E-state index >= 15 is 0 Å². The lowest BCUT2D eigenvalue weighted by Gasteiger charge is -2.22. The number of carboxylic acids is 1. The molecule has 45 heavy (non-hydrogen) atoms. The number of pyridine rings is 2. The number of hydrogen-bond donors (Lipinski definition) is 4. The summed E-state index contributed by atoms with van der Waals surface area (Å²) in [6, 6.07) is 14.1. The molecule has 0 saturated heterocycles. The fourth-order valence-electron chi connectivity index (χ4n) is 4.89. The lowest BCUT2D eigenvalue weighted by Crippen LogP contribution is -2.28. The van der Waals surface area contributed by atoms with Crippen molar-refractivity contribution in [3.05, 3.63) is 99.4 Å². The minimum absolute atomic E-state index is 0.0151. The van der Waals surface area contributed by atoms with E-state index in [1.165, 1.54) is 24.5 Å². The second-order valence-electron chi connectivity index (χ2n) is 9.98. The Balaban J connectivity index is 1.68. The molecule has 2 aromatic carbocycles. The molecule has 14 heteroatoms.